The molecule has 0 aromatic heterocycles. The van der Waals surface area contributed by atoms with Gasteiger partial charge in [-0.1, -0.05) is 12.5 Å². The number of carbonyl (C=O) groups is 1. The lowest BCUT2D eigenvalue weighted by molar-refractivity contribution is -0.111. The number of hydrogen-bond acceptors (Lipinski definition) is 6. The number of amidine groups is 1. The molecule has 2 heterocycles. The SMILES string of the molecule is CC(C)(CC=O)N1CCCCC1COc1cccc2c1C(N)=NS(=O)(=O)N2. The summed E-state index contributed by atoms with van der Waals surface area (Å²) in [6.45, 7) is 5.50. The van der Waals surface area contributed by atoms with Gasteiger partial charge in [0.2, 0.25) is 0 Å². The lowest BCUT2D eigenvalue weighted by Crippen LogP contribution is -2.54. The molecule has 0 amide bonds. The van der Waals surface area contributed by atoms with E-state index in [9.17, 15) is 13.2 Å². The summed E-state index contributed by atoms with van der Waals surface area (Å²) in [7, 11) is -3.82. The fourth-order valence-electron chi connectivity index (χ4n) is 3.82. The Hall–Kier alpha value is -2.13. The van der Waals surface area contributed by atoms with Gasteiger partial charge in [0.05, 0.1) is 11.3 Å². The van der Waals surface area contributed by atoms with E-state index < -0.39 is 10.2 Å². The molecule has 0 spiro atoms. The number of fused-ring (bicyclic) bond motifs is 1. The van der Waals surface area contributed by atoms with Crippen LogP contribution in [0.25, 0.3) is 0 Å². The number of carbonyl (C=O) groups excluding carboxylic acids is 1. The number of benzene rings is 1. The van der Waals surface area contributed by atoms with E-state index >= 15 is 0 Å². The van der Waals surface area contributed by atoms with Gasteiger partial charge in [0.25, 0.3) is 0 Å². The molecule has 2 aliphatic rings. The third-order valence-corrected chi connectivity index (χ3v) is 6.07. The standard InChI is InChI=1S/C18H26N4O4S/c1-18(2,9-11-23)22-10-4-3-6-13(22)12-26-15-8-5-7-14-16(15)17(19)21-27(24,25)20-14/h5,7-8,11,13,20H,3-4,6,9-10,12H2,1-2H3,(H2,19,21). The Bertz CT molecular complexity index is 851. The first-order valence-corrected chi connectivity index (χ1v) is 10.5. The first-order valence-electron chi connectivity index (χ1n) is 9.08. The number of nitrogens with zero attached hydrogens (tertiary/aromatic N) is 2. The zero-order valence-corrected chi connectivity index (χ0v) is 16.5. The highest BCUT2D eigenvalue weighted by atomic mass is 32.2. The molecule has 0 aliphatic carbocycles. The van der Waals surface area contributed by atoms with Crippen molar-refractivity contribution >= 4 is 28.0 Å². The molecule has 1 unspecified atom stereocenters. The predicted molar refractivity (Wildman–Crippen MR) is 104 cm³/mol. The van der Waals surface area contributed by atoms with Gasteiger partial charge in [-0.05, 0) is 45.4 Å². The smallest absolute Gasteiger partial charge is 0.344 e. The summed E-state index contributed by atoms with van der Waals surface area (Å²) >= 11 is 0. The number of likely N-dealkylation sites (tertiary alicyclic amines) is 1. The van der Waals surface area contributed by atoms with E-state index in [1.807, 2.05) is 0 Å². The lowest BCUT2D eigenvalue weighted by atomic mass is 9.91. The Labute approximate surface area is 160 Å². The minimum Gasteiger partial charge on any atom is -0.491 e. The van der Waals surface area contributed by atoms with Crippen molar-refractivity contribution in [2.24, 2.45) is 10.1 Å². The summed E-state index contributed by atoms with van der Waals surface area (Å²) < 4.78 is 35.3. The van der Waals surface area contributed by atoms with Crippen LogP contribution in [0.1, 0.15) is 45.1 Å². The van der Waals surface area contributed by atoms with Crippen molar-refractivity contribution < 1.29 is 17.9 Å². The van der Waals surface area contributed by atoms with E-state index in [1.54, 1.807) is 18.2 Å². The van der Waals surface area contributed by atoms with Gasteiger partial charge in [0, 0.05) is 18.0 Å². The first-order chi connectivity index (χ1) is 12.7. The number of rotatable bonds is 6. The molecule has 3 N–H and O–H groups in total. The van der Waals surface area contributed by atoms with Gasteiger partial charge in [0.15, 0.2) is 5.84 Å². The van der Waals surface area contributed by atoms with Gasteiger partial charge < -0.3 is 15.3 Å². The summed E-state index contributed by atoms with van der Waals surface area (Å²) in [4.78, 5) is 13.4. The molecule has 27 heavy (non-hydrogen) atoms. The van der Waals surface area contributed by atoms with Gasteiger partial charge in [-0.25, -0.2) is 0 Å². The summed E-state index contributed by atoms with van der Waals surface area (Å²) in [6, 6.07) is 5.26. The number of nitrogens with two attached hydrogens (primary N) is 1. The lowest BCUT2D eigenvalue weighted by Gasteiger charge is -2.45. The van der Waals surface area contributed by atoms with Crippen LogP contribution < -0.4 is 15.2 Å². The molecular formula is C18H26N4O4S. The van der Waals surface area contributed by atoms with Crippen LogP contribution in [0.4, 0.5) is 5.69 Å². The molecule has 2 aliphatic heterocycles. The third-order valence-electron chi connectivity index (χ3n) is 5.16. The Balaban J connectivity index is 1.80. The van der Waals surface area contributed by atoms with E-state index in [0.29, 0.717) is 30.0 Å². The average Bonchev–Trinajstić information content (AvgIpc) is 2.58. The maximum Gasteiger partial charge on any atom is 0.344 e. The number of hydrogen-bond donors (Lipinski definition) is 2. The second-order valence-corrected chi connectivity index (χ2v) is 8.91. The molecule has 0 saturated carbocycles. The van der Waals surface area contributed by atoms with Crippen LogP contribution in [0.3, 0.4) is 0 Å². The van der Waals surface area contributed by atoms with E-state index in [1.165, 1.54) is 0 Å². The van der Waals surface area contributed by atoms with Crippen molar-refractivity contribution in [2.45, 2.75) is 51.1 Å². The maximum atomic E-state index is 11.7. The fourth-order valence-corrected chi connectivity index (χ4v) is 4.66. The van der Waals surface area contributed by atoms with Crippen LogP contribution in [0.5, 0.6) is 5.75 Å². The topological polar surface area (TPSA) is 114 Å². The van der Waals surface area contributed by atoms with Gasteiger partial charge >= 0.3 is 10.2 Å². The highest BCUT2D eigenvalue weighted by Crippen LogP contribution is 2.32. The molecule has 8 nitrogen and oxygen atoms in total. The van der Waals surface area contributed by atoms with Crippen molar-refractivity contribution in [3.8, 4) is 5.75 Å². The van der Waals surface area contributed by atoms with Crippen molar-refractivity contribution in [3.63, 3.8) is 0 Å². The summed E-state index contributed by atoms with van der Waals surface area (Å²) in [6.07, 6.45) is 4.61. The Morgan fingerprint density at radius 3 is 2.93 bits per heavy atom. The second kappa shape index (κ2) is 7.47. The van der Waals surface area contributed by atoms with E-state index in [-0.39, 0.29) is 17.4 Å². The van der Waals surface area contributed by atoms with Crippen LogP contribution in [0.15, 0.2) is 22.6 Å². The van der Waals surface area contributed by atoms with E-state index in [4.69, 9.17) is 10.5 Å². The van der Waals surface area contributed by atoms with Crippen molar-refractivity contribution in [2.75, 3.05) is 17.9 Å². The Kier molecular flexibility index (Phi) is 5.43. The molecule has 1 aromatic carbocycles. The fraction of sp³-hybridized carbons (Fsp3) is 0.556. The zero-order chi connectivity index (χ0) is 19.7. The molecule has 148 valence electrons. The van der Waals surface area contributed by atoms with Crippen molar-refractivity contribution in [1.29, 1.82) is 0 Å². The van der Waals surface area contributed by atoms with E-state index in [0.717, 1.165) is 32.1 Å². The molecule has 0 radical (unpaired) electrons. The summed E-state index contributed by atoms with van der Waals surface area (Å²) in [5.41, 5.74) is 6.46. The van der Waals surface area contributed by atoms with Gasteiger partial charge in [0.1, 0.15) is 18.6 Å². The zero-order valence-electron chi connectivity index (χ0n) is 15.6. The Morgan fingerprint density at radius 1 is 1.41 bits per heavy atom. The molecule has 1 fully saturated rings. The van der Waals surface area contributed by atoms with Crippen LogP contribution in [0.2, 0.25) is 0 Å². The van der Waals surface area contributed by atoms with Gasteiger partial charge in [-0.2, -0.15) is 8.42 Å². The monoisotopic (exact) mass is 394 g/mol. The predicted octanol–water partition coefficient (Wildman–Crippen LogP) is 1.66. The van der Waals surface area contributed by atoms with Crippen molar-refractivity contribution in [1.82, 2.24) is 4.90 Å². The minimum absolute atomic E-state index is 0.0823. The number of ether oxygens (including phenoxy) is 1. The molecule has 1 saturated heterocycles. The molecule has 9 heteroatoms. The number of nitrogens with one attached hydrogen (secondary N) is 1. The van der Waals surface area contributed by atoms with E-state index in [2.05, 4.69) is 27.9 Å². The minimum atomic E-state index is -3.82. The van der Waals surface area contributed by atoms with Crippen LogP contribution in [-0.2, 0) is 15.0 Å². The molecule has 0 bridgehead atoms. The summed E-state index contributed by atoms with van der Waals surface area (Å²) in [5.74, 6) is 0.413. The Morgan fingerprint density at radius 2 is 2.19 bits per heavy atom. The summed E-state index contributed by atoms with van der Waals surface area (Å²) in [5, 5.41) is 0. The third kappa shape index (κ3) is 4.24. The van der Waals surface area contributed by atoms with Crippen LogP contribution in [0, 0.1) is 0 Å². The second-order valence-electron chi connectivity index (χ2n) is 7.57. The van der Waals surface area contributed by atoms with Crippen LogP contribution >= 0.6 is 0 Å². The van der Waals surface area contributed by atoms with Crippen molar-refractivity contribution in [3.05, 3.63) is 23.8 Å². The number of aldehydes is 1. The number of piperidine rings is 1. The largest absolute Gasteiger partial charge is 0.491 e. The van der Waals surface area contributed by atoms with Gasteiger partial charge in [-0.3, -0.25) is 9.62 Å². The average molecular weight is 394 g/mol. The quantitative estimate of drug-likeness (QED) is 0.709. The van der Waals surface area contributed by atoms with Crippen LogP contribution in [-0.4, -0.2) is 50.2 Å². The molecular weight excluding hydrogens is 368 g/mol. The number of anilines is 1. The normalized spacial score (nSPS) is 22.3. The molecule has 3 rings (SSSR count). The maximum absolute atomic E-state index is 11.7. The molecule has 1 atom stereocenters. The first kappa shape index (κ1) is 19.6. The highest BCUT2D eigenvalue weighted by Gasteiger charge is 2.34. The highest BCUT2D eigenvalue weighted by molar-refractivity contribution is 7.91. The van der Waals surface area contributed by atoms with Gasteiger partial charge in [-0.15, -0.1) is 4.40 Å². The molecule has 1 aromatic rings.